The van der Waals surface area contributed by atoms with Gasteiger partial charge >= 0.3 is 0 Å². The second-order valence-corrected chi connectivity index (χ2v) is 7.53. The van der Waals surface area contributed by atoms with Crippen LogP contribution in [-0.2, 0) is 9.59 Å². The van der Waals surface area contributed by atoms with Gasteiger partial charge in [0.05, 0.1) is 6.54 Å². The first-order valence-electron chi connectivity index (χ1n) is 8.96. The summed E-state index contributed by atoms with van der Waals surface area (Å²) in [5.41, 5.74) is 1.13. The second kappa shape index (κ2) is 7.66. The minimum absolute atomic E-state index is 0.0837. The van der Waals surface area contributed by atoms with Gasteiger partial charge in [-0.05, 0) is 17.7 Å². The quantitative estimate of drug-likeness (QED) is 0.723. The van der Waals surface area contributed by atoms with Crippen LogP contribution in [0.2, 0.25) is 0 Å². The Labute approximate surface area is 158 Å². The average Bonchev–Trinajstić information content (AvgIpc) is 3.07. The lowest BCUT2D eigenvalue weighted by Gasteiger charge is -2.20. The van der Waals surface area contributed by atoms with Crippen LogP contribution in [0, 0.1) is 5.41 Å². The number of furan rings is 1. The highest BCUT2D eigenvalue weighted by molar-refractivity contribution is 5.87. The third kappa shape index (κ3) is 4.56. The maximum atomic E-state index is 12.5. The molecule has 0 saturated heterocycles. The maximum absolute atomic E-state index is 12.5. The van der Waals surface area contributed by atoms with E-state index in [4.69, 9.17) is 4.42 Å². The number of carbonyl (C=O) groups excluding carboxylic acids is 2. The number of rotatable bonds is 5. The van der Waals surface area contributed by atoms with Crippen molar-refractivity contribution in [2.45, 2.75) is 26.8 Å². The van der Waals surface area contributed by atoms with E-state index in [1.807, 2.05) is 60.7 Å². The molecule has 1 atom stereocenters. The average molecular weight is 364 g/mol. The van der Waals surface area contributed by atoms with E-state index in [0.717, 1.165) is 16.5 Å². The first kappa shape index (κ1) is 18.7. The molecule has 3 rings (SSSR count). The molecular formula is C22H24N2O3. The Morgan fingerprint density at radius 3 is 2.33 bits per heavy atom. The zero-order valence-corrected chi connectivity index (χ0v) is 15.8. The largest absolute Gasteiger partial charge is 0.459 e. The van der Waals surface area contributed by atoms with Gasteiger partial charge < -0.3 is 15.1 Å². The fourth-order valence-corrected chi connectivity index (χ4v) is 2.75. The van der Waals surface area contributed by atoms with Gasteiger partial charge in [0, 0.05) is 10.8 Å². The molecule has 0 fully saturated rings. The van der Waals surface area contributed by atoms with Crippen LogP contribution in [0.3, 0.4) is 0 Å². The number of amides is 2. The van der Waals surface area contributed by atoms with Crippen molar-refractivity contribution in [1.82, 2.24) is 10.6 Å². The number of hydrogen-bond acceptors (Lipinski definition) is 3. The summed E-state index contributed by atoms with van der Waals surface area (Å²) in [7, 11) is 0. The molecule has 0 bridgehead atoms. The molecule has 140 valence electrons. The van der Waals surface area contributed by atoms with Gasteiger partial charge in [0.1, 0.15) is 17.4 Å². The second-order valence-electron chi connectivity index (χ2n) is 7.53. The fourth-order valence-electron chi connectivity index (χ4n) is 2.75. The molecule has 1 unspecified atom stereocenters. The minimum Gasteiger partial charge on any atom is -0.459 e. The van der Waals surface area contributed by atoms with E-state index < -0.39 is 11.5 Å². The summed E-state index contributed by atoms with van der Waals surface area (Å²) in [5, 5.41) is 6.62. The Kier molecular flexibility index (Phi) is 5.31. The molecule has 27 heavy (non-hydrogen) atoms. The molecule has 2 aromatic carbocycles. The summed E-state index contributed by atoms with van der Waals surface area (Å²) in [5.74, 6) is 0.206. The van der Waals surface area contributed by atoms with Crippen LogP contribution in [0.1, 0.15) is 38.1 Å². The molecule has 1 aromatic heterocycles. The highest BCUT2D eigenvalue weighted by Crippen LogP contribution is 2.28. The zero-order valence-electron chi connectivity index (χ0n) is 15.8. The molecule has 0 saturated carbocycles. The fraction of sp³-hybridized carbons (Fsp3) is 0.273. The van der Waals surface area contributed by atoms with Crippen molar-refractivity contribution in [3.63, 3.8) is 0 Å². The van der Waals surface area contributed by atoms with Gasteiger partial charge in [-0.15, -0.1) is 0 Å². The topological polar surface area (TPSA) is 71.3 Å². The molecule has 5 heteroatoms. The van der Waals surface area contributed by atoms with Crippen molar-refractivity contribution >= 4 is 22.8 Å². The zero-order chi connectivity index (χ0) is 19.4. The van der Waals surface area contributed by atoms with Crippen LogP contribution < -0.4 is 10.6 Å². The Balaban J connectivity index is 1.81. The van der Waals surface area contributed by atoms with Crippen molar-refractivity contribution in [3.8, 4) is 0 Å². The van der Waals surface area contributed by atoms with Crippen LogP contribution in [0.4, 0.5) is 0 Å². The predicted molar refractivity (Wildman–Crippen MR) is 105 cm³/mol. The number of para-hydroxylation sites is 1. The molecular weight excluding hydrogens is 340 g/mol. The minimum atomic E-state index is -0.544. The Morgan fingerprint density at radius 2 is 1.67 bits per heavy atom. The Bertz CT molecular complexity index is 906. The third-order valence-electron chi connectivity index (χ3n) is 4.26. The predicted octanol–water partition coefficient (Wildman–Crippen LogP) is 3.80. The normalized spacial score (nSPS) is 12.6. The third-order valence-corrected chi connectivity index (χ3v) is 4.26. The molecule has 1 heterocycles. The van der Waals surface area contributed by atoms with E-state index in [0.29, 0.717) is 5.76 Å². The molecule has 2 amide bonds. The van der Waals surface area contributed by atoms with Gasteiger partial charge in [0.25, 0.3) is 0 Å². The monoisotopic (exact) mass is 364 g/mol. The van der Waals surface area contributed by atoms with Crippen LogP contribution in [0.15, 0.2) is 65.1 Å². The molecule has 0 radical (unpaired) electrons. The first-order valence-corrected chi connectivity index (χ1v) is 8.96. The van der Waals surface area contributed by atoms with Crippen molar-refractivity contribution in [2.24, 2.45) is 5.41 Å². The lowest BCUT2D eigenvalue weighted by atomic mass is 9.96. The number of carbonyl (C=O) groups is 2. The van der Waals surface area contributed by atoms with E-state index >= 15 is 0 Å². The van der Waals surface area contributed by atoms with E-state index in [-0.39, 0.29) is 18.4 Å². The van der Waals surface area contributed by atoms with Gasteiger partial charge in [-0.3, -0.25) is 9.59 Å². The van der Waals surface area contributed by atoms with E-state index in [1.165, 1.54) is 0 Å². The summed E-state index contributed by atoms with van der Waals surface area (Å²) in [4.78, 5) is 24.5. The van der Waals surface area contributed by atoms with Crippen LogP contribution in [0.25, 0.3) is 11.0 Å². The highest BCUT2D eigenvalue weighted by atomic mass is 16.3. The van der Waals surface area contributed by atoms with Crippen LogP contribution in [-0.4, -0.2) is 18.4 Å². The van der Waals surface area contributed by atoms with Crippen molar-refractivity contribution in [3.05, 3.63) is 72.0 Å². The summed E-state index contributed by atoms with van der Waals surface area (Å²) in [6.45, 7) is 5.34. The molecule has 0 aliphatic heterocycles. The van der Waals surface area contributed by atoms with Gasteiger partial charge in [-0.2, -0.15) is 0 Å². The molecule has 0 aliphatic rings. The summed E-state index contributed by atoms with van der Waals surface area (Å²) in [6, 6.07) is 18.8. The summed E-state index contributed by atoms with van der Waals surface area (Å²) in [6.07, 6.45) is 0. The standard InChI is InChI=1S/C22H24N2O3/c1-22(2,3)21(26)23-14-19(25)24-20(15-9-5-4-6-10-15)18-13-16-11-7-8-12-17(16)27-18/h4-13,20H,14H2,1-3H3,(H,23,26)(H,24,25). The lowest BCUT2D eigenvalue weighted by Crippen LogP contribution is -2.42. The van der Waals surface area contributed by atoms with Crippen molar-refractivity contribution in [2.75, 3.05) is 6.54 Å². The molecule has 2 N–H and O–H groups in total. The SMILES string of the molecule is CC(C)(C)C(=O)NCC(=O)NC(c1ccccc1)c1cc2ccccc2o1. The number of nitrogens with one attached hydrogen (secondary N) is 2. The highest BCUT2D eigenvalue weighted by Gasteiger charge is 2.24. The van der Waals surface area contributed by atoms with E-state index in [1.54, 1.807) is 20.8 Å². The number of fused-ring (bicyclic) bond motifs is 1. The van der Waals surface area contributed by atoms with Gasteiger partial charge in [0.2, 0.25) is 11.8 Å². The molecule has 0 aliphatic carbocycles. The lowest BCUT2D eigenvalue weighted by molar-refractivity contribution is -0.131. The van der Waals surface area contributed by atoms with Crippen LogP contribution >= 0.6 is 0 Å². The summed E-state index contributed by atoms with van der Waals surface area (Å²) < 4.78 is 5.96. The number of benzene rings is 2. The van der Waals surface area contributed by atoms with Gasteiger partial charge in [-0.1, -0.05) is 69.3 Å². The van der Waals surface area contributed by atoms with E-state index in [9.17, 15) is 9.59 Å². The smallest absolute Gasteiger partial charge is 0.240 e. The maximum Gasteiger partial charge on any atom is 0.240 e. The first-order chi connectivity index (χ1) is 12.8. The Hall–Kier alpha value is -3.08. The molecule has 5 nitrogen and oxygen atoms in total. The Morgan fingerprint density at radius 1 is 1.00 bits per heavy atom. The van der Waals surface area contributed by atoms with Gasteiger partial charge in [0.15, 0.2) is 0 Å². The van der Waals surface area contributed by atoms with Crippen LogP contribution in [0.5, 0.6) is 0 Å². The van der Waals surface area contributed by atoms with Crippen molar-refractivity contribution < 1.29 is 14.0 Å². The summed E-state index contributed by atoms with van der Waals surface area (Å²) >= 11 is 0. The van der Waals surface area contributed by atoms with Crippen molar-refractivity contribution in [1.29, 1.82) is 0 Å². The molecule has 3 aromatic rings. The van der Waals surface area contributed by atoms with Gasteiger partial charge in [-0.25, -0.2) is 0 Å². The van der Waals surface area contributed by atoms with E-state index in [2.05, 4.69) is 10.6 Å². The number of hydrogen-bond donors (Lipinski definition) is 2. The molecule has 0 spiro atoms.